The maximum atomic E-state index is 12.2. The molecule has 1 saturated heterocycles. The second-order valence-corrected chi connectivity index (χ2v) is 6.66. The molecule has 6 heteroatoms. The van der Waals surface area contributed by atoms with E-state index in [1.54, 1.807) is 12.1 Å². The van der Waals surface area contributed by atoms with Crippen LogP contribution in [0.5, 0.6) is 0 Å². The molecule has 1 aromatic carbocycles. The first-order valence-electron chi connectivity index (χ1n) is 8.19. The van der Waals surface area contributed by atoms with Crippen molar-refractivity contribution in [2.75, 3.05) is 38.0 Å². The summed E-state index contributed by atoms with van der Waals surface area (Å²) in [5, 5.41) is 3.37. The second-order valence-electron chi connectivity index (χ2n) is 6.26. The number of rotatable bonds is 4. The zero-order valence-electron chi connectivity index (χ0n) is 13.1. The second kappa shape index (κ2) is 7.32. The van der Waals surface area contributed by atoms with E-state index in [0.717, 1.165) is 25.9 Å². The Hall–Kier alpha value is -1.59. The third-order valence-corrected chi connectivity index (χ3v) is 4.98. The van der Waals surface area contributed by atoms with Gasteiger partial charge >= 0.3 is 0 Å². The predicted molar refractivity (Wildman–Crippen MR) is 90.4 cm³/mol. The Kier molecular flexibility index (Phi) is 5.18. The summed E-state index contributed by atoms with van der Waals surface area (Å²) in [7, 11) is 0. The Morgan fingerprint density at radius 3 is 2.43 bits per heavy atom. The van der Waals surface area contributed by atoms with Crippen molar-refractivity contribution in [1.82, 2.24) is 9.80 Å². The maximum absolute atomic E-state index is 12.2. The van der Waals surface area contributed by atoms with Crippen molar-refractivity contribution in [2.24, 2.45) is 5.92 Å². The summed E-state index contributed by atoms with van der Waals surface area (Å²) < 4.78 is 0. The molecular formula is C17H22ClN3O2. The number of para-hydroxylation sites is 1. The zero-order chi connectivity index (χ0) is 16.2. The van der Waals surface area contributed by atoms with E-state index < -0.39 is 0 Å². The number of nitrogens with one attached hydrogen (secondary N) is 1. The van der Waals surface area contributed by atoms with Gasteiger partial charge in [-0.2, -0.15) is 0 Å². The number of nitrogens with zero attached hydrogens (tertiary/aromatic N) is 2. The minimum Gasteiger partial charge on any atom is -0.340 e. The SMILES string of the molecule is O=C(CN1CCN(C(=O)C2CCC2)CC1)Nc1ccccc1Cl. The van der Waals surface area contributed by atoms with Crippen molar-refractivity contribution >= 4 is 29.1 Å². The zero-order valence-corrected chi connectivity index (χ0v) is 13.9. The first-order valence-corrected chi connectivity index (χ1v) is 8.57. The number of hydrogen-bond donors (Lipinski definition) is 1. The molecule has 0 atom stereocenters. The van der Waals surface area contributed by atoms with E-state index in [0.29, 0.717) is 36.3 Å². The summed E-state index contributed by atoms with van der Waals surface area (Å²) in [6.45, 7) is 3.25. The summed E-state index contributed by atoms with van der Waals surface area (Å²) in [5.74, 6) is 0.485. The van der Waals surface area contributed by atoms with Gasteiger partial charge in [0.15, 0.2) is 0 Å². The fourth-order valence-electron chi connectivity index (χ4n) is 3.00. The quantitative estimate of drug-likeness (QED) is 0.918. The van der Waals surface area contributed by atoms with Gasteiger partial charge in [-0.15, -0.1) is 0 Å². The lowest BCUT2D eigenvalue weighted by atomic mass is 9.84. The average molecular weight is 336 g/mol. The predicted octanol–water partition coefficient (Wildman–Crippen LogP) is 2.22. The van der Waals surface area contributed by atoms with Gasteiger partial charge < -0.3 is 10.2 Å². The number of anilines is 1. The molecule has 5 nitrogen and oxygen atoms in total. The summed E-state index contributed by atoms with van der Waals surface area (Å²) in [5.41, 5.74) is 0.637. The molecule has 23 heavy (non-hydrogen) atoms. The first-order chi connectivity index (χ1) is 11.1. The Balaban J connectivity index is 1.44. The van der Waals surface area contributed by atoms with Crippen molar-refractivity contribution in [3.05, 3.63) is 29.3 Å². The lowest BCUT2D eigenvalue weighted by Crippen LogP contribution is -2.52. The van der Waals surface area contributed by atoms with Gasteiger partial charge in [0.1, 0.15) is 0 Å². The van der Waals surface area contributed by atoms with Crippen LogP contribution in [0.3, 0.4) is 0 Å². The molecule has 1 N–H and O–H groups in total. The van der Waals surface area contributed by atoms with Crippen LogP contribution in [0, 0.1) is 5.92 Å². The molecule has 0 aromatic heterocycles. The van der Waals surface area contributed by atoms with Gasteiger partial charge in [0, 0.05) is 32.1 Å². The van der Waals surface area contributed by atoms with Crippen molar-refractivity contribution in [2.45, 2.75) is 19.3 Å². The Bertz CT molecular complexity index is 581. The lowest BCUT2D eigenvalue weighted by molar-refractivity contribution is -0.140. The highest BCUT2D eigenvalue weighted by Crippen LogP contribution is 2.28. The molecule has 0 bridgehead atoms. The molecule has 3 rings (SSSR count). The van der Waals surface area contributed by atoms with Crippen molar-refractivity contribution < 1.29 is 9.59 Å². The van der Waals surface area contributed by atoms with Crippen LogP contribution in [0.4, 0.5) is 5.69 Å². The molecule has 2 fully saturated rings. The number of benzene rings is 1. The fraction of sp³-hybridized carbons (Fsp3) is 0.529. The fourth-order valence-corrected chi connectivity index (χ4v) is 3.18. The smallest absolute Gasteiger partial charge is 0.238 e. The molecule has 2 aliphatic rings. The molecule has 0 unspecified atom stereocenters. The van der Waals surface area contributed by atoms with E-state index >= 15 is 0 Å². The van der Waals surface area contributed by atoms with E-state index in [1.165, 1.54) is 6.42 Å². The van der Waals surface area contributed by atoms with Crippen molar-refractivity contribution in [3.63, 3.8) is 0 Å². The monoisotopic (exact) mass is 335 g/mol. The van der Waals surface area contributed by atoms with Gasteiger partial charge in [-0.05, 0) is 25.0 Å². The highest BCUT2D eigenvalue weighted by atomic mass is 35.5. The van der Waals surface area contributed by atoms with Gasteiger partial charge in [0.05, 0.1) is 17.3 Å². The topological polar surface area (TPSA) is 52.7 Å². The first kappa shape index (κ1) is 16.3. The van der Waals surface area contributed by atoms with Crippen LogP contribution in [0.2, 0.25) is 5.02 Å². The number of amides is 2. The van der Waals surface area contributed by atoms with Crippen LogP contribution >= 0.6 is 11.6 Å². The van der Waals surface area contributed by atoms with Gasteiger partial charge in [0.25, 0.3) is 0 Å². The molecule has 0 spiro atoms. The Morgan fingerprint density at radius 1 is 1.13 bits per heavy atom. The Morgan fingerprint density at radius 2 is 1.83 bits per heavy atom. The van der Waals surface area contributed by atoms with E-state index in [-0.39, 0.29) is 11.8 Å². The molecule has 1 aliphatic heterocycles. The van der Waals surface area contributed by atoms with Crippen LogP contribution < -0.4 is 5.32 Å². The summed E-state index contributed by atoms with van der Waals surface area (Å²) in [4.78, 5) is 28.4. The number of carbonyl (C=O) groups excluding carboxylic acids is 2. The van der Waals surface area contributed by atoms with Crippen LogP contribution in [-0.4, -0.2) is 54.3 Å². The highest BCUT2D eigenvalue weighted by molar-refractivity contribution is 6.33. The number of piperazine rings is 1. The highest BCUT2D eigenvalue weighted by Gasteiger charge is 2.31. The molecule has 0 radical (unpaired) electrons. The average Bonchev–Trinajstić information content (AvgIpc) is 2.48. The van der Waals surface area contributed by atoms with Crippen LogP contribution in [0.1, 0.15) is 19.3 Å². The molecule has 124 valence electrons. The van der Waals surface area contributed by atoms with Crippen molar-refractivity contribution in [1.29, 1.82) is 0 Å². The van der Waals surface area contributed by atoms with Gasteiger partial charge in [-0.3, -0.25) is 14.5 Å². The molecular weight excluding hydrogens is 314 g/mol. The molecule has 1 heterocycles. The van der Waals surface area contributed by atoms with Gasteiger partial charge in [-0.25, -0.2) is 0 Å². The standard InChI is InChI=1S/C17H22ClN3O2/c18-14-6-1-2-7-15(14)19-16(22)12-20-8-10-21(11-9-20)17(23)13-4-3-5-13/h1-2,6-7,13H,3-5,8-12H2,(H,19,22). The molecule has 1 aliphatic carbocycles. The number of carbonyl (C=O) groups is 2. The molecule has 2 amide bonds. The third-order valence-electron chi connectivity index (χ3n) is 4.65. The number of hydrogen-bond acceptors (Lipinski definition) is 3. The van der Waals surface area contributed by atoms with E-state index in [1.807, 2.05) is 17.0 Å². The van der Waals surface area contributed by atoms with Gasteiger partial charge in [0.2, 0.25) is 11.8 Å². The van der Waals surface area contributed by atoms with Crippen LogP contribution in [0.25, 0.3) is 0 Å². The Labute approximate surface area is 141 Å². The number of halogens is 1. The van der Waals surface area contributed by atoms with E-state index in [9.17, 15) is 9.59 Å². The summed E-state index contributed by atoms with van der Waals surface area (Å²) in [6, 6.07) is 7.21. The van der Waals surface area contributed by atoms with E-state index in [4.69, 9.17) is 11.6 Å². The van der Waals surface area contributed by atoms with E-state index in [2.05, 4.69) is 10.2 Å². The minimum absolute atomic E-state index is 0.0723. The largest absolute Gasteiger partial charge is 0.340 e. The van der Waals surface area contributed by atoms with Crippen molar-refractivity contribution in [3.8, 4) is 0 Å². The maximum Gasteiger partial charge on any atom is 0.238 e. The third kappa shape index (κ3) is 4.03. The summed E-state index contributed by atoms with van der Waals surface area (Å²) in [6.07, 6.45) is 3.26. The normalized spacial score (nSPS) is 19.3. The van der Waals surface area contributed by atoms with Gasteiger partial charge in [-0.1, -0.05) is 30.2 Å². The van der Waals surface area contributed by atoms with Crippen LogP contribution in [0.15, 0.2) is 24.3 Å². The minimum atomic E-state index is -0.0723. The van der Waals surface area contributed by atoms with Crippen LogP contribution in [-0.2, 0) is 9.59 Å². The lowest BCUT2D eigenvalue weighted by Gasteiger charge is -2.38. The summed E-state index contributed by atoms with van der Waals surface area (Å²) >= 11 is 6.04. The molecule has 1 aromatic rings. The molecule has 1 saturated carbocycles.